The second-order valence-corrected chi connectivity index (χ2v) is 7.15. The SMILES string of the molecule is COc1ccc(Oc2ccc(-c3cccc(C(=O)NCc4cccc(OC)c4)c3)nn2)cc1. The number of benzene rings is 3. The molecule has 0 unspecified atom stereocenters. The number of ether oxygens (including phenoxy) is 3. The zero-order valence-corrected chi connectivity index (χ0v) is 18.3. The smallest absolute Gasteiger partial charge is 0.251 e. The first-order chi connectivity index (χ1) is 16.1. The van der Waals surface area contributed by atoms with E-state index in [1.165, 1.54) is 0 Å². The van der Waals surface area contributed by atoms with Crippen LogP contribution < -0.4 is 19.5 Å². The summed E-state index contributed by atoms with van der Waals surface area (Å²) < 4.78 is 16.1. The Bertz CT molecular complexity index is 1230. The summed E-state index contributed by atoms with van der Waals surface area (Å²) in [6, 6.07) is 25.6. The summed E-state index contributed by atoms with van der Waals surface area (Å²) >= 11 is 0. The highest BCUT2D eigenvalue weighted by Gasteiger charge is 2.09. The molecule has 33 heavy (non-hydrogen) atoms. The van der Waals surface area contributed by atoms with E-state index < -0.39 is 0 Å². The number of hydrogen-bond acceptors (Lipinski definition) is 6. The van der Waals surface area contributed by atoms with Crippen LogP contribution >= 0.6 is 0 Å². The van der Waals surface area contributed by atoms with E-state index in [1.54, 1.807) is 50.6 Å². The number of aromatic nitrogens is 2. The van der Waals surface area contributed by atoms with Crippen LogP contribution in [0.4, 0.5) is 0 Å². The van der Waals surface area contributed by atoms with Gasteiger partial charge in [0.15, 0.2) is 0 Å². The number of carbonyl (C=O) groups is 1. The van der Waals surface area contributed by atoms with Gasteiger partial charge in [0, 0.05) is 23.7 Å². The summed E-state index contributed by atoms with van der Waals surface area (Å²) in [5.41, 5.74) is 2.92. The second kappa shape index (κ2) is 10.3. The molecule has 0 aliphatic heterocycles. The molecular weight excluding hydrogens is 418 g/mol. The van der Waals surface area contributed by atoms with Crippen molar-refractivity contribution < 1.29 is 19.0 Å². The van der Waals surface area contributed by atoms with Crippen LogP contribution in [0.25, 0.3) is 11.3 Å². The Morgan fingerprint density at radius 1 is 0.788 bits per heavy atom. The van der Waals surface area contributed by atoms with Crippen molar-refractivity contribution in [1.29, 1.82) is 0 Å². The molecule has 1 aromatic heterocycles. The number of carbonyl (C=O) groups excluding carboxylic acids is 1. The van der Waals surface area contributed by atoms with Gasteiger partial charge in [-0.1, -0.05) is 24.3 Å². The molecule has 166 valence electrons. The lowest BCUT2D eigenvalue weighted by Crippen LogP contribution is -2.22. The Balaban J connectivity index is 1.41. The molecule has 7 nitrogen and oxygen atoms in total. The Labute approximate surface area is 192 Å². The van der Waals surface area contributed by atoms with Gasteiger partial charge in [-0.2, -0.15) is 0 Å². The summed E-state index contributed by atoms with van der Waals surface area (Å²) in [7, 11) is 3.23. The molecule has 0 aliphatic rings. The van der Waals surface area contributed by atoms with Crippen LogP contribution in [0, 0.1) is 0 Å². The molecule has 0 radical (unpaired) electrons. The largest absolute Gasteiger partial charge is 0.497 e. The van der Waals surface area contributed by atoms with E-state index in [-0.39, 0.29) is 5.91 Å². The molecule has 1 N–H and O–H groups in total. The molecule has 3 aromatic carbocycles. The summed E-state index contributed by atoms with van der Waals surface area (Å²) in [5.74, 6) is 2.33. The normalized spacial score (nSPS) is 10.4. The Morgan fingerprint density at radius 3 is 2.27 bits per heavy atom. The first-order valence-electron chi connectivity index (χ1n) is 10.3. The predicted octanol–water partition coefficient (Wildman–Crippen LogP) is 4.88. The molecule has 0 saturated carbocycles. The monoisotopic (exact) mass is 441 g/mol. The van der Waals surface area contributed by atoms with Gasteiger partial charge in [-0.3, -0.25) is 4.79 Å². The molecule has 7 heteroatoms. The average Bonchev–Trinajstić information content (AvgIpc) is 2.88. The van der Waals surface area contributed by atoms with Crippen LogP contribution in [0.5, 0.6) is 23.1 Å². The molecule has 0 bridgehead atoms. The van der Waals surface area contributed by atoms with Gasteiger partial charge in [0.05, 0.1) is 19.9 Å². The summed E-state index contributed by atoms with van der Waals surface area (Å²) in [6.45, 7) is 0.400. The fourth-order valence-electron chi connectivity index (χ4n) is 3.18. The maximum absolute atomic E-state index is 12.7. The molecule has 4 aromatic rings. The molecule has 0 atom stereocenters. The van der Waals surface area contributed by atoms with Crippen LogP contribution in [-0.4, -0.2) is 30.3 Å². The second-order valence-electron chi connectivity index (χ2n) is 7.15. The van der Waals surface area contributed by atoms with Gasteiger partial charge in [-0.05, 0) is 60.2 Å². The van der Waals surface area contributed by atoms with Gasteiger partial charge >= 0.3 is 0 Å². The van der Waals surface area contributed by atoms with Crippen molar-refractivity contribution in [3.63, 3.8) is 0 Å². The molecule has 4 rings (SSSR count). The van der Waals surface area contributed by atoms with Gasteiger partial charge in [-0.25, -0.2) is 0 Å². The third-order valence-electron chi connectivity index (χ3n) is 4.93. The van der Waals surface area contributed by atoms with Crippen LogP contribution in [0.1, 0.15) is 15.9 Å². The summed E-state index contributed by atoms with van der Waals surface area (Å²) in [6.07, 6.45) is 0. The lowest BCUT2D eigenvalue weighted by molar-refractivity contribution is 0.0951. The van der Waals surface area contributed by atoms with Crippen molar-refractivity contribution in [3.8, 4) is 34.4 Å². The Hall–Kier alpha value is -4.39. The lowest BCUT2D eigenvalue weighted by atomic mass is 10.1. The fourth-order valence-corrected chi connectivity index (χ4v) is 3.18. The zero-order chi connectivity index (χ0) is 23.0. The van der Waals surface area contributed by atoms with Crippen molar-refractivity contribution in [3.05, 3.63) is 96.1 Å². The molecular formula is C26H23N3O4. The zero-order valence-electron chi connectivity index (χ0n) is 18.3. The van der Waals surface area contributed by atoms with Crippen molar-refractivity contribution in [2.45, 2.75) is 6.54 Å². The molecule has 1 heterocycles. The molecule has 0 aliphatic carbocycles. The van der Waals surface area contributed by atoms with Gasteiger partial charge in [0.25, 0.3) is 5.91 Å². The highest BCUT2D eigenvalue weighted by atomic mass is 16.5. The molecule has 1 amide bonds. The van der Waals surface area contributed by atoms with Crippen LogP contribution in [-0.2, 0) is 6.54 Å². The van der Waals surface area contributed by atoms with E-state index >= 15 is 0 Å². The average molecular weight is 441 g/mol. The first kappa shape index (κ1) is 21.8. The minimum atomic E-state index is -0.174. The van der Waals surface area contributed by atoms with Gasteiger partial charge in [-0.15, -0.1) is 10.2 Å². The third-order valence-corrected chi connectivity index (χ3v) is 4.93. The number of hydrogen-bond donors (Lipinski definition) is 1. The van der Waals surface area contributed by atoms with E-state index in [0.29, 0.717) is 29.4 Å². The van der Waals surface area contributed by atoms with Crippen molar-refractivity contribution in [1.82, 2.24) is 15.5 Å². The van der Waals surface area contributed by atoms with E-state index in [0.717, 1.165) is 22.6 Å². The van der Waals surface area contributed by atoms with Gasteiger partial charge in [0.1, 0.15) is 17.2 Å². The van der Waals surface area contributed by atoms with Crippen LogP contribution in [0.2, 0.25) is 0 Å². The van der Waals surface area contributed by atoms with Crippen molar-refractivity contribution >= 4 is 5.91 Å². The summed E-state index contributed by atoms with van der Waals surface area (Å²) in [5, 5.41) is 11.3. The molecule has 0 spiro atoms. The number of methoxy groups -OCH3 is 2. The maximum atomic E-state index is 12.7. The fraction of sp³-hybridized carbons (Fsp3) is 0.115. The van der Waals surface area contributed by atoms with E-state index in [4.69, 9.17) is 14.2 Å². The Morgan fingerprint density at radius 2 is 1.55 bits per heavy atom. The van der Waals surface area contributed by atoms with E-state index in [9.17, 15) is 4.79 Å². The van der Waals surface area contributed by atoms with E-state index in [1.807, 2.05) is 48.5 Å². The topological polar surface area (TPSA) is 82.6 Å². The molecule has 0 fully saturated rings. The minimum Gasteiger partial charge on any atom is -0.497 e. The summed E-state index contributed by atoms with van der Waals surface area (Å²) in [4.78, 5) is 12.7. The van der Waals surface area contributed by atoms with E-state index in [2.05, 4.69) is 15.5 Å². The molecule has 0 saturated heterocycles. The number of nitrogens with zero attached hydrogens (tertiary/aromatic N) is 2. The maximum Gasteiger partial charge on any atom is 0.251 e. The highest BCUT2D eigenvalue weighted by Crippen LogP contribution is 2.24. The standard InChI is InChI=1S/C26H23N3O4/c1-31-21-9-11-22(12-10-21)33-25-14-13-24(28-29-25)19-6-4-7-20(16-19)26(30)27-17-18-5-3-8-23(15-18)32-2/h3-16H,17H2,1-2H3,(H,27,30). The number of nitrogens with one attached hydrogen (secondary N) is 1. The quantitative estimate of drug-likeness (QED) is 0.420. The number of amides is 1. The van der Waals surface area contributed by atoms with Crippen molar-refractivity contribution in [2.75, 3.05) is 14.2 Å². The third kappa shape index (κ3) is 5.65. The lowest BCUT2D eigenvalue weighted by Gasteiger charge is -2.09. The van der Waals surface area contributed by atoms with Crippen LogP contribution in [0.15, 0.2) is 84.9 Å². The predicted molar refractivity (Wildman–Crippen MR) is 125 cm³/mol. The van der Waals surface area contributed by atoms with Gasteiger partial charge < -0.3 is 19.5 Å². The van der Waals surface area contributed by atoms with Crippen LogP contribution in [0.3, 0.4) is 0 Å². The minimum absolute atomic E-state index is 0.174. The van der Waals surface area contributed by atoms with Crippen molar-refractivity contribution in [2.24, 2.45) is 0 Å². The number of rotatable bonds is 8. The first-order valence-corrected chi connectivity index (χ1v) is 10.3. The van der Waals surface area contributed by atoms with Gasteiger partial charge in [0.2, 0.25) is 5.88 Å². The highest BCUT2D eigenvalue weighted by molar-refractivity contribution is 5.95. The Kier molecular flexibility index (Phi) is 6.80.